The van der Waals surface area contributed by atoms with Crippen LogP contribution in [0, 0.1) is 20.8 Å². The minimum absolute atomic E-state index is 0.0956. The van der Waals surface area contributed by atoms with Gasteiger partial charge in [0.15, 0.2) is 10.9 Å². The lowest BCUT2D eigenvalue weighted by molar-refractivity contribution is 0.101. The van der Waals surface area contributed by atoms with Crippen LogP contribution in [0.2, 0.25) is 0 Å². The van der Waals surface area contributed by atoms with Crippen molar-refractivity contribution in [3.63, 3.8) is 0 Å². The molecular formula is C14H19N3OS. The van der Waals surface area contributed by atoms with E-state index in [1.54, 1.807) is 18.3 Å². The van der Waals surface area contributed by atoms with E-state index >= 15 is 0 Å². The van der Waals surface area contributed by atoms with Gasteiger partial charge in [0.05, 0.1) is 5.69 Å². The third-order valence-corrected chi connectivity index (χ3v) is 4.33. The Labute approximate surface area is 117 Å². The molecule has 0 atom stereocenters. The lowest BCUT2D eigenvalue weighted by Gasteiger charge is -2.05. The molecule has 0 aromatic carbocycles. The van der Waals surface area contributed by atoms with Crippen LogP contribution < -0.4 is 4.90 Å². The van der Waals surface area contributed by atoms with Crippen LogP contribution in [0.5, 0.6) is 0 Å². The summed E-state index contributed by atoms with van der Waals surface area (Å²) in [6.07, 6.45) is 0. The zero-order valence-corrected chi connectivity index (χ0v) is 13.0. The number of ketones is 1. The highest BCUT2D eigenvalue weighted by atomic mass is 32.1. The molecule has 0 radical (unpaired) electrons. The first-order chi connectivity index (χ1) is 8.82. The molecule has 0 saturated heterocycles. The number of H-pyrrole nitrogens is 1. The summed E-state index contributed by atoms with van der Waals surface area (Å²) in [6, 6.07) is 0. The summed E-state index contributed by atoms with van der Waals surface area (Å²) >= 11 is 1.66. The number of anilines is 1. The van der Waals surface area contributed by atoms with E-state index in [4.69, 9.17) is 0 Å². The van der Waals surface area contributed by atoms with Gasteiger partial charge in [-0.3, -0.25) is 4.79 Å². The van der Waals surface area contributed by atoms with Crippen LogP contribution in [0.15, 0.2) is 0 Å². The Kier molecular flexibility index (Phi) is 3.49. The summed E-state index contributed by atoms with van der Waals surface area (Å²) in [5, 5.41) is 0.975. The van der Waals surface area contributed by atoms with Crippen molar-refractivity contribution in [2.45, 2.75) is 27.7 Å². The zero-order valence-electron chi connectivity index (χ0n) is 12.2. The first-order valence-electron chi connectivity index (χ1n) is 6.18. The number of carbonyl (C=O) groups excluding carboxylic acids is 1. The normalized spacial score (nSPS) is 10.8. The monoisotopic (exact) mass is 277 g/mol. The van der Waals surface area contributed by atoms with E-state index in [2.05, 4.69) is 16.9 Å². The number of nitrogens with zero attached hydrogens (tertiary/aromatic N) is 2. The Balaban J connectivity index is 2.60. The maximum Gasteiger partial charge on any atom is 0.185 e. The number of rotatable bonds is 3. The Bertz CT molecular complexity index is 637. The van der Waals surface area contributed by atoms with Crippen LogP contribution in [-0.2, 0) is 0 Å². The van der Waals surface area contributed by atoms with Gasteiger partial charge in [-0.05, 0) is 33.3 Å². The molecule has 0 saturated carbocycles. The second-order valence-electron chi connectivity index (χ2n) is 4.98. The second kappa shape index (κ2) is 4.81. The SMILES string of the molecule is CC(=O)c1c(C)[nH]c(-c2nc(N(C)C)sc2C)c1C. The number of nitrogens with one attached hydrogen (secondary N) is 1. The Morgan fingerprint density at radius 3 is 2.32 bits per heavy atom. The first kappa shape index (κ1) is 13.8. The van der Waals surface area contributed by atoms with E-state index in [9.17, 15) is 4.79 Å². The predicted octanol–water partition coefficient (Wildman–Crippen LogP) is 3.33. The minimum atomic E-state index is 0.0956. The van der Waals surface area contributed by atoms with E-state index in [0.717, 1.165) is 38.2 Å². The number of hydrogen-bond donors (Lipinski definition) is 1. The smallest absolute Gasteiger partial charge is 0.185 e. The van der Waals surface area contributed by atoms with Crippen molar-refractivity contribution in [1.82, 2.24) is 9.97 Å². The number of hydrogen-bond acceptors (Lipinski definition) is 4. The molecule has 0 aliphatic rings. The van der Waals surface area contributed by atoms with Gasteiger partial charge < -0.3 is 9.88 Å². The highest BCUT2D eigenvalue weighted by molar-refractivity contribution is 7.16. The maximum absolute atomic E-state index is 11.7. The van der Waals surface area contributed by atoms with Gasteiger partial charge in [0.2, 0.25) is 0 Å². The third-order valence-electron chi connectivity index (χ3n) is 3.19. The van der Waals surface area contributed by atoms with Crippen molar-refractivity contribution in [3.8, 4) is 11.4 Å². The minimum Gasteiger partial charge on any atom is -0.356 e. The number of Topliss-reactive ketones (excluding diaryl/α,β-unsaturated/α-hetero) is 1. The van der Waals surface area contributed by atoms with Crippen molar-refractivity contribution in [3.05, 3.63) is 21.7 Å². The molecular weight excluding hydrogens is 258 g/mol. The standard InChI is InChI=1S/C14H19N3OS/c1-7-11(9(3)18)8(2)15-12(7)13-10(4)19-14(16-13)17(5)6/h15H,1-6H3. The van der Waals surface area contributed by atoms with Gasteiger partial charge in [0.1, 0.15) is 5.69 Å². The lowest BCUT2D eigenvalue weighted by Crippen LogP contribution is -2.07. The molecule has 2 rings (SSSR count). The van der Waals surface area contributed by atoms with Gasteiger partial charge in [-0.2, -0.15) is 0 Å². The average molecular weight is 277 g/mol. The summed E-state index contributed by atoms with van der Waals surface area (Å²) in [4.78, 5) is 22.8. The quantitative estimate of drug-likeness (QED) is 0.875. The van der Waals surface area contributed by atoms with Crippen LogP contribution in [0.25, 0.3) is 11.4 Å². The largest absolute Gasteiger partial charge is 0.356 e. The first-order valence-corrected chi connectivity index (χ1v) is 6.99. The van der Waals surface area contributed by atoms with E-state index < -0.39 is 0 Å². The van der Waals surface area contributed by atoms with Crippen molar-refractivity contribution < 1.29 is 4.79 Å². The summed E-state index contributed by atoms with van der Waals surface area (Å²) in [5.74, 6) is 0.0956. The van der Waals surface area contributed by atoms with E-state index in [-0.39, 0.29) is 5.78 Å². The fourth-order valence-corrected chi connectivity index (χ4v) is 3.16. The van der Waals surface area contributed by atoms with Crippen molar-refractivity contribution >= 4 is 22.3 Å². The fraction of sp³-hybridized carbons (Fsp3) is 0.429. The molecule has 2 heterocycles. The zero-order chi connectivity index (χ0) is 14.3. The Morgan fingerprint density at radius 1 is 1.26 bits per heavy atom. The summed E-state index contributed by atoms with van der Waals surface area (Å²) in [6.45, 7) is 7.57. The van der Waals surface area contributed by atoms with E-state index in [1.807, 2.05) is 32.8 Å². The van der Waals surface area contributed by atoms with Gasteiger partial charge >= 0.3 is 0 Å². The number of carbonyl (C=O) groups is 1. The molecule has 1 N–H and O–H groups in total. The average Bonchev–Trinajstić information content (AvgIpc) is 2.79. The number of aromatic amines is 1. The maximum atomic E-state index is 11.7. The van der Waals surface area contributed by atoms with Gasteiger partial charge in [0, 0.05) is 30.2 Å². The summed E-state index contributed by atoms with van der Waals surface area (Å²) < 4.78 is 0. The highest BCUT2D eigenvalue weighted by Crippen LogP contribution is 2.34. The van der Waals surface area contributed by atoms with Crippen molar-refractivity contribution in [2.24, 2.45) is 0 Å². The topological polar surface area (TPSA) is 49.0 Å². The third kappa shape index (κ3) is 2.30. The number of thiazole rings is 1. The lowest BCUT2D eigenvalue weighted by atomic mass is 10.1. The van der Waals surface area contributed by atoms with Crippen molar-refractivity contribution in [2.75, 3.05) is 19.0 Å². The molecule has 102 valence electrons. The molecule has 0 amide bonds. The molecule has 19 heavy (non-hydrogen) atoms. The molecule has 2 aromatic heterocycles. The molecule has 0 fully saturated rings. The van der Waals surface area contributed by atoms with Gasteiger partial charge in [0.25, 0.3) is 0 Å². The van der Waals surface area contributed by atoms with Crippen molar-refractivity contribution in [1.29, 1.82) is 0 Å². The molecule has 0 aliphatic carbocycles. The molecule has 0 unspecified atom stereocenters. The highest BCUT2D eigenvalue weighted by Gasteiger charge is 2.20. The molecule has 0 spiro atoms. The van der Waals surface area contributed by atoms with E-state index in [0.29, 0.717) is 0 Å². The van der Waals surface area contributed by atoms with Gasteiger partial charge in [-0.25, -0.2) is 4.98 Å². The predicted molar refractivity (Wildman–Crippen MR) is 80.4 cm³/mol. The molecule has 4 nitrogen and oxygen atoms in total. The van der Waals surface area contributed by atoms with E-state index in [1.165, 1.54) is 0 Å². The second-order valence-corrected chi connectivity index (χ2v) is 6.16. The van der Waals surface area contributed by atoms with Crippen LogP contribution in [-0.4, -0.2) is 29.8 Å². The van der Waals surface area contributed by atoms with Crippen LogP contribution in [0.4, 0.5) is 5.13 Å². The van der Waals surface area contributed by atoms with Gasteiger partial charge in [-0.1, -0.05) is 0 Å². The molecule has 0 aliphatic heterocycles. The van der Waals surface area contributed by atoms with Crippen LogP contribution >= 0.6 is 11.3 Å². The van der Waals surface area contributed by atoms with Gasteiger partial charge in [-0.15, -0.1) is 11.3 Å². The number of aromatic nitrogens is 2. The fourth-order valence-electron chi connectivity index (χ4n) is 2.32. The summed E-state index contributed by atoms with van der Waals surface area (Å²) in [5.41, 5.74) is 4.60. The van der Waals surface area contributed by atoms with Crippen LogP contribution in [0.3, 0.4) is 0 Å². The summed E-state index contributed by atoms with van der Waals surface area (Å²) in [7, 11) is 3.96. The molecule has 2 aromatic rings. The molecule has 0 bridgehead atoms. The van der Waals surface area contributed by atoms with Crippen LogP contribution in [0.1, 0.15) is 33.4 Å². The Hall–Kier alpha value is -1.62. The Morgan fingerprint density at radius 2 is 1.89 bits per heavy atom. The number of aryl methyl sites for hydroxylation is 2. The molecule has 5 heteroatoms.